The summed E-state index contributed by atoms with van der Waals surface area (Å²) in [5.41, 5.74) is 12.7. The Morgan fingerprint density at radius 3 is 1.64 bits per heavy atom. The fourth-order valence-electron chi connectivity index (χ4n) is 6.59. The van der Waals surface area contributed by atoms with Crippen LogP contribution in [0.1, 0.15) is 22.3 Å². The maximum absolute atomic E-state index is 3.61. The molecule has 0 aromatic heterocycles. The highest BCUT2D eigenvalue weighted by molar-refractivity contribution is 6.00. The highest BCUT2D eigenvalue weighted by atomic mass is 14.9. The average Bonchev–Trinajstić information content (AvgIpc) is 3.39. The lowest BCUT2D eigenvalue weighted by Gasteiger charge is -2.30. The second-order valence-electron chi connectivity index (χ2n) is 9.84. The molecule has 1 heteroatoms. The summed E-state index contributed by atoms with van der Waals surface area (Å²) >= 11 is 0. The minimum Gasteiger partial charge on any atom is -0.356 e. The third kappa shape index (κ3) is 2.50. The first-order valence-corrected chi connectivity index (χ1v) is 12.5. The van der Waals surface area contributed by atoms with Crippen molar-refractivity contribution in [3.63, 3.8) is 0 Å². The zero-order valence-corrected chi connectivity index (χ0v) is 19.7. The Balaban J connectivity index is 1.45. The lowest BCUT2D eigenvalue weighted by Crippen LogP contribution is -2.25. The summed E-state index contributed by atoms with van der Waals surface area (Å²) in [6, 6.07) is 48.9. The zero-order chi connectivity index (χ0) is 23.7. The number of hydrogen-bond donors (Lipinski definition) is 1. The Morgan fingerprint density at radius 1 is 0.361 bits per heavy atom. The van der Waals surface area contributed by atoms with E-state index in [9.17, 15) is 0 Å². The zero-order valence-electron chi connectivity index (χ0n) is 19.7. The fraction of sp³-hybridized carbons (Fsp3) is 0.0286. The molecule has 0 saturated carbocycles. The molecule has 0 fully saturated rings. The summed E-state index contributed by atoms with van der Waals surface area (Å²) in [7, 11) is 0. The molecule has 8 rings (SSSR count). The molecule has 1 spiro atoms. The molecule has 0 heterocycles. The lowest BCUT2D eigenvalue weighted by molar-refractivity contribution is 0.795. The summed E-state index contributed by atoms with van der Waals surface area (Å²) in [6.07, 6.45) is 0. The topological polar surface area (TPSA) is 12.0 Å². The molecule has 1 atom stereocenters. The minimum absolute atomic E-state index is 0.312. The highest BCUT2D eigenvalue weighted by Gasteiger charge is 2.51. The van der Waals surface area contributed by atoms with Crippen LogP contribution in [0, 0.1) is 0 Å². The molecule has 0 amide bonds. The number of para-hydroxylation sites is 1. The standard InChI is InChI=1S/C35H23N/c1-2-12-25(13-3-1)36-26-18-19-33-30(22-26)28-15-7-9-17-32(28)35(33)31-16-8-6-14-27(31)29-20-23-10-4-5-11-24(23)21-34(29)35/h1-22,36H. The van der Waals surface area contributed by atoms with Crippen LogP contribution in [0.5, 0.6) is 0 Å². The third-order valence-corrected chi connectivity index (χ3v) is 8.02. The molecule has 6 aromatic carbocycles. The molecule has 0 aliphatic heterocycles. The van der Waals surface area contributed by atoms with E-state index in [4.69, 9.17) is 0 Å². The van der Waals surface area contributed by atoms with Crippen molar-refractivity contribution in [2.45, 2.75) is 5.41 Å². The van der Waals surface area contributed by atoms with Crippen LogP contribution in [0.3, 0.4) is 0 Å². The van der Waals surface area contributed by atoms with E-state index >= 15 is 0 Å². The maximum Gasteiger partial charge on any atom is 0.0725 e. The normalized spacial score (nSPS) is 16.4. The molecule has 36 heavy (non-hydrogen) atoms. The van der Waals surface area contributed by atoms with Crippen molar-refractivity contribution in [2.24, 2.45) is 0 Å². The molecule has 1 nitrogen and oxygen atoms in total. The Kier molecular flexibility index (Phi) is 3.93. The van der Waals surface area contributed by atoms with Crippen LogP contribution in [-0.2, 0) is 5.41 Å². The van der Waals surface area contributed by atoms with Gasteiger partial charge in [-0.25, -0.2) is 0 Å². The van der Waals surface area contributed by atoms with Gasteiger partial charge in [-0.15, -0.1) is 0 Å². The molecule has 2 aliphatic rings. The quantitative estimate of drug-likeness (QED) is 0.273. The SMILES string of the molecule is c1ccc(Nc2ccc3c(c2)-c2ccccc2C32c3ccccc3-c3cc4ccccc4cc32)cc1. The van der Waals surface area contributed by atoms with Crippen LogP contribution in [0.15, 0.2) is 133 Å². The Morgan fingerprint density at radius 2 is 0.917 bits per heavy atom. The van der Waals surface area contributed by atoms with Gasteiger partial charge in [-0.2, -0.15) is 0 Å². The van der Waals surface area contributed by atoms with E-state index in [1.165, 1.54) is 55.3 Å². The summed E-state index contributed by atoms with van der Waals surface area (Å²) in [4.78, 5) is 0. The largest absolute Gasteiger partial charge is 0.356 e. The van der Waals surface area contributed by atoms with Crippen molar-refractivity contribution in [1.29, 1.82) is 0 Å². The molecule has 0 radical (unpaired) electrons. The first kappa shape index (κ1) is 19.7. The van der Waals surface area contributed by atoms with Gasteiger partial charge < -0.3 is 5.32 Å². The van der Waals surface area contributed by atoms with Crippen molar-refractivity contribution in [3.05, 3.63) is 156 Å². The van der Waals surface area contributed by atoms with Gasteiger partial charge in [0.2, 0.25) is 0 Å². The highest BCUT2D eigenvalue weighted by Crippen LogP contribution is 2.63. The monoisotopic (exact) mass is 457 g/mol. The molecule has 168 valence electrons. The summed E-state index contributed by atoms with van der Waals surface area (Å²) in [6.45, 7) is 0. The molecule has 0 bridgehead atoms. The number of anilines is 2. The number of nitrogens with one attached hydrogen (secondary N) is 1. The fourth-order valence-corrected chi connectivity index (χ4v) is 6.59. The number of fused-ring (bicyclic) bond motifs is 11. The van der Waals surface area contributed by atoms with Gasteiger partial charge in [0.15, 0.2) is 0 Å². The van der Waals surface area contributed by atoms with E-state index < -0.39 is 0 Å². The molecule has 1 unspecified atom stereocenters. The first-order valence-electron chi connectivity index (χ1n) is 12.5. The van der Waals surface area contributed by atoms with Gasteiger partial charge in [-0.1, -0.05) is 97.1 Å². The van der Waals surface area contributed by atoms with Crippen LogP contribution in [0.2, 0.25) is 0 Å². The van der Waals surface area contributed by atoms with Crippen LogP contribution < -0.4 is 5.32 Å². The van der Waals surface area contributed by atoms with Gasteiger partial charge in [0.25, 0.3) is 0 Å². The van der Waals surface area contributed by atoms with Crippen molar-refractivity contribution < 1.29 is 0 Å². The summed E-state index contributed by atoms with van der Waals surface area (Å²) < 4.78 is 0. The Bertz CT molecular complexity index is 1810. The number of hydrogen-bond acceptors (Lipinski definition) is 1. The van der Waals surface area contributed by atoms with Gasteiger partial charge in [0, 0.05) is 11.4 Å². The van der Waals surface area contributed by atoms with E-state index in [1.54, 1.807) is 0 Å². The summed E-state index contributed by atoms with van der Waals surface area (Å²) in [5, 5.41) is 6.18. The molecule has 6 aromatic rings. The molecule has 0 saturated heterocycles. The summed E-state index contributed by atoms with van der Waals surface area (Å²) in [5.74, 6) is 0. The van der Waals surface area contributed by atoms with Gasteiger partial charge in [0.05, 0.1) is 5.41 Å². The Hall–Kier alpha value is -4.62. The minimum atomic E-state index is -0.312. The second kappa shape index (κ2) is 7.19. The van der Waals surface area contributed by atoms with Gasteiger partial charge in [-0.05, 0) is 91.7 Å². The lowest BCUT2D eigenvalue weighted by atomic mass is 9.70. The number of rotatable bonds is 2. The van der Waals surface area contributed by atoms with Crippen molar-refractivity contribution >= 4 is 22.1 Å². The first-order chi connectivity index (χ1) is 17.8. The van der Waals surface area contributed by atoms with E-state index in [2.05, 4.69) is 133 Å². The molecular formula is C35H23N. The van der Waals surface area contributed by atoms with Crippen molar-refractivity contribution in [3.8, 4) is 22.3 Å². The van der Waals surface area contributed by atoms with Crippen LogP contribution in [0.4, 0.5) is 11.4 Å². The average molecular weight is 458 g/mol. The predicted octanol–water partition coefficient (Wildman–Crippen LogP) is 8.93. The number of benzene rings is 6. The van der Waals surface area contributed by atoms with E-state index in [0.717, 1.165) is 11.4 Å². The molecule has 1 N–H and O–H groups in total. The van der Waals surface area contributed by atoms with E-state index in [0.29, 0.717) is 0 Å². The Labute approximate surface area is 210 Å². The second-order valence-corrected chi connectivity index (χ2v) is 9.84. The van der Waals surface area contributed by atoms with Crippen molar-refractivity contribution in [2.75, 3.05) is 5.32 Å². The van der Waals surface area contributed by atoms with Crippen LogP contribution in [0.25, 0.3) is 33.0 Å². The molecule has 2 aliphatic carbocycles. The molecular weight excluding hydrogens is 434 g/mol. The van der Waals surface area contributed by atoms with Gasteiger partial charge in [0.1, 0.15) is 0 Å². The predicted molar refractivity (Wildman–Crippen MR) is 150 cm³/mol. The smallest absolute Gasteiger partial charge is 0.0725 e. The van der Waals surface area contributed by atoms with Gasteiger partial charge in [-0.3, -0.25) is 0 Å². The van der Waals surface area contributed by atoms with Crippen molar-refractivity contribution in [1.82, 2.24) is 0 Å². The maximum atomic E-state index is 3.61. The van der Waals surface area contributed by atoms with Gasteiger partial charge >= 0.3 is 0 Å². The van der Waals surface area contributed by atoms with E-state index in [-0.39, 0.29) is 5.41 Å². The van der Waals surface area contributed by atoms with Crippen LogP contribution >= 0.6 is 0 Å². The third-order valence-electron chi connectivity index (χ3n) is 8.02. The van der Waals surface area contributed by atoms with Crippen LogP contribution in [-0.4, -0.2) is 0 Å². The van der Waals surface area contributed by atoms with E-state index in [1.807, 2.05) is 6.07 Å².